The average molecular weight is 360 g/mol. The minimum atomic E-state index is -0.469. The molecule has 3 N–H and O–H groups in total. The van der Waals surface area contributed by atoms with Crippen molar-refractivity contribution in [1.29, 1.82) is 0 Å². The van der Waals surface area contributed by atoms with Crippen molar-refractivity contribution >= 4 is 17.5 Å². The van der Waals surface area contributed by atoms with Crippen LogP contribution >= 0.6 is 0 Å². The molecule has 1 amide bonds. The number of hydrogen-bond donors (Lipinski definition) is 2. The van der Waals surface area contributed by atoms with Crippen molar-refractivity contribution < 1.29 is 9.53 Å². The first-order chi connectivity index (χ1) is 12.2. The first kappa shape index (κ1) is 18.6. The fraction of sp³-hybridized carbons (Fsp3) is 0.632. The van der Waals surface area contributed by atoms with Crippen LogP contribution in [0.3, 0.4) is 0 Å². The van der Waals surface area contributed by atoms with Crippen LogP contribution < -0.4 is 11.1 Å². The smallest absolute Gasteiger partial charge is 0.410 e. The number of carbonyl (C=O) groups is 1. The summed E-state index contributed by atoms with van der Waals surface area (Å²) in [6.45, 7) is 7.55. The van der Waals surface area contributed by atoms with E-state index in [-0.39, 0.29) is 17.6 Å². The lowest BCUT2D eigenvalue weighted by Crippen LogP contribution is -2.47. The quantitative estimate of drug-likeness (QED) is 0.797. The molecule has 2 aliphatic rings. The Kier molecular flexibility index (Phi) is 4.92. The molecule has 0 bridgehead atoms. The Morgan fingerprint density at radius 1 is 1.42 bits per heavy atom. The van der Waals surface area contributed by atoms with Crippen LogP contribution in [0.5, 0.6) is 0 Å². The lowest BCUT2D eigenvalue weighted by molar-refractivity contribution is 0.0237. The summed E-state index contributed by atoms with van der Waals surface area (Å²) in [4.78, 5) is 25.1. The minimum Gasteiger partial charge on any atom is -0.444 e. The number of likely N-dealkylation sites (tertiary alicyclic amines) is 1. The Balaban J connectivity index is 1.56. The van der Waals surface area contributed by atoms with Gasteiger partial charge in [0.15, 0.2) is 0 Å². The third kappa shape index (κ3) is 3.98. The van der Waals surface area contributed by atoms with Crippen molar-refractivity contribution in [1.82, 2.24) is 4.90 Å². The molecule has 26 heavy (non-hydrogen) atoms. The Bertz CT molecular complexity index is 693. The van der Waals surface area contributed by atoms with Crippen LogP contribution in [-0.4, -0.2) is 35.7 Å². The lowest BCUT2D eigenvalue weighted by Gasteiger charge is -2.45. The number of carbonyl (C=O) groups excluding carboxylic acids is 1. The van der Waals surface area contributed by atoms with Crippen molar-refractivity contribution in [2.24, 2.45) is 16.3 Å². The van der Waals surface area contributed by atoms with Gasteiger partial charge in [-0.3, -0.25) is 0 Å². The van der Waals surface area contributed by atoms with E-state index < -0.39 is 5.60 Å². The molecule has 0 aromatic heterocycles. The first-order valence-electron chi connectivity index (χ1n) is 9.14. The maximum atomic E-state index is 12.2. The van der Waals surface area contributed by atoms with Crippen LogP contribution in [0.15, 0.2) is 23.4 Å². The normalized spacial score (nSPS) is 25.1. The largest absolute Gasteiger partial charge is 0.444 e. The van der Waals surface area contributed by atoms with Crippen LogP contribution in [0.4, 0.5) is 16.2 Å². The van der Waals surface area contributed by atoms with Gasteiger partial charge in [0.25, 0.3) is 0 Å². The monoisotopic (exact) mass is 360 g/mol. The van der Waals surface area contributed by atoms with Gasteiger partial charge in [0.2, 0.25) is 0 Å². The lowest BCUT2D eigenvalue weighted by atomic mass is 9.65. The van der Waals surface area contributed by atoms with E-state index in [1.54, 1.807) is 6.07 Å². The van der Waals surface area contributed by atoms with Gasteiger partial charge in [-0.05, 0) is 68.3 Å². The van der Waals surface area contributed by atoms with Crippen molar-refractivity contribution in [2.75, 3.05) is 18.4 Å². The number of anilines is 1. The zero-order valence-electron chi connectivity index (χ0n) is 15.7. The first-order valence-corrected chi connectivity index (χ1v) is 9.14. The number of nitrogens with two attached hydrogens (primary N) is 1. The van der Waals surface area contributed by atoms with E-state index in [4.69, 9.17) is 10.5 Å². The van der Waals surface area contributed by atoms with Gasteiger partial charge in [-0.2, -0.15) is 0 Å². The average Bonchev–Trinajstić information content (AvgIpc) is 2.98. The zero-order valence-corrected chi connectivity index (χ0v) is 15.7. The summed E-state index contributed by atoms with van der Waals surface area (Å²) >= 11 is 0. The molecule has 142 valence electrons. The molecule has 0 atom stereocenters. The number of nitroso groups, excluding NO2 is 1. The second-order valence-electron chi connectivity index (χ2n) is 8.55. The van der Waals surface area contributed by atoms with E-state index >= 15 is 0 Å². The van der Waals surface area contributed by atoms with Gasteiger partial charge in [0.05, 0.1) is 5.69 Å². The third-order valence-electron chi connectivity index (χ3n) is 5.20. The summed E-state index contributed by atoms with van der Waals surface area (Å²) in [6.07, 6.45) is 2.70. The number of hydrogen-bond acceptors (Lipinski definition) is 6. The summed E-state index contributed by atoms with van der Waals surface area (Å²) in [5, 5.41) is 6.52. The molecule has 2 fully saturated rings. The summed E-state index contributed by atoms with van der Waals surface area (Å²) in [6, 6.07) is 5.69. The predicted octanol–water partition coefficient (Wildman–Crippen LogP) is 3.74. The van der Waals surface area contributed by atoms with Gasteiger partial charge in [-0.25, -0.2) is 4.79 Å². The molecular formula is C19H28N4O3. The highest BCUT2D eigenvalue weighted by Gasteiger charge is 2.50. The van der Waals surface area contributed by atoms with Crippen LogP contribution in [0, 0.1) is 10.3 Å². The molecule has 1 aliphatic carbocycles. The fourth-order valence-electron chi connectivity index (χ4n) is 3.96. The number of nitrogens with one attached hydrogen (secondary N) is 1. The van der Waals surface area contributed by atoms with E-state index in [1.807, 2.05) is 37.8 Å². The Morgan fingerprint density at radius 3 is 2.77 bits per heavy atom. The van der Waals surface area contributed by atoms with Crippen molar-refractivity contribution in [3.63, 3.8) is 0 Å². The Morgan fingerprint density at radius 2 is 2.15 bits per heavy atom. The van der Waals surface area contributed by atoms with Crippen molar-refractivity contribution in [2.45, 2.75) is 58.2 Å². The molecular weight excluding hydrogens is 332 g/mol. The topological polar surface area (TPSA) is 97.0 Å². The SMILES string of the molecule is CC(C)(C)OC(=O)N1CCC2(CC(Nc3cc(CN)ccc3N=O)C2)C1. The molecule has 7 nitrogen and oxygen atoms in total. The summed E-state index contributed by atoms with van der Waals surface area (Å²) < 4.78 is 5.47. The molecule has 1 spiro atoms. The van der Waals surface area contributed by atoms with Gasteiger partial charge >= 0.3 is 6.09 Å². The standard InChI is InChI=1S/C19H28N4O3/c1-18(2,3)26-17(24)23-7-6-19(12-23)9-14(10-19)21-16-8-13(11-20)4-5-15(16)22-25/h4-5,8,14,21H,6-7,9-12,20H2,1-3H3. The van der Waals surface area contributed by atoms with Crippen molar-refractivity contribution in [3.05, 3.63) is 28.7 Å². The Hall–Kier alpha value is -2.15. The second-order valence-corrected chi connectivity index (χ2v) is 8.55. The molecule has 1 saturated carbocycles. The van der Waals surface area contributed by atoms with Crippen LogP contribution in [-0.2, 0) is 11.3 Å². The molecule has 1 saturated heterocycles. The van der Waals surface area contributed by atoms with E-state index in [2.05, 4.69) is 10.5 Å². The predicted molar refractivity (Wildman–Crippen MR) is 101 cm³/mol. The highest BCUT2D eigenvalue weighted by molar-refractivity contribution is 5.69. The van der Waals surface area contributed by atoms with E-state index in [0.29, 0.717) is 12.2 Å². The van der Waals surface area contributed by atoms with Gasteiger partial charge < -0.3 is 20.7 Å². The molecule has 7 heteroatoms. The summed E-state index contributed by atoms with van der Waals surface area (Å²) in [7, 11) is 0. The second kappa shape index (κ2) is 6.87. The highest BCUT2D eigenvalue weighted by atomic mass is 16.6. The molecule has 0 radical (unpaired) electrons. The number of nitrogens with zero attached hydrogens (tertiary/aromatic N) is 2. The van der Waals surface area contributed by atoms with Crippen LogP contribution in [0.1, 0.15) is 45.6 Å². The third-order valence-corrected chi connectivity index (χ3v) is 5.20. The summed E-state index contributed by atoms with van der Waals surface area (Å²) in [5.74, 6) is 0. The van der Waals surface area contributed by atoms with E-state index in [0.717, 1.165) is 43.6 Å². The van der Waals surface area contributed by atoms with Gasteiger partial charge in [-0.15, -0.1) is 4.91 Å². The van der Waals surface area contributed by atoms with Gasteiger partial charge in [0, 0.05) is 25.7 Å². The number of rotatable bonds is 4. The van der Waals surface area contributed by atoms with Crippen LogP contribution in [0.25, 0.3) is 0 Å². The Labute approximate surface area is 154 Å². The number of benzene rings is 1. The van der Waals surface area contributed by atoms with Crippen LogP contribution in [0.2, 0.25) is 0 Å². The van der Waals surface area contributed by atoms with E-state index in [1.165, 1.54) is 0 Å². The molecule has 0 unspecified atom stereocenters. The molecule has 3 rings (SSSR count). The molecule has 1 aliphatic heterocycles. The zero-order chi connectivity index (χ0) is 18.9. The number of ether oxygens (including phenoxy) is 1. The van der Waals surface area contributed by atoms with Gasteiger partial charge in [-0.1, -0.05) is 6.07 Å². The number of amides is 1. The van der Waals surface area contributed by atoms with E-state index in [9.17, 15) is 9.70 Å². The maximum absolute atomic E-state index is 12.2. The fourth-order valence-corrected chi connectivity index (χ4v) is 3.96. The minimum absolute atomic E-state index is 0.162. The highest BCUT2D eigenvalue weighted by Crippen LogP contribution is 2.49. The van der Waals surface area contributed by atoms with Gasteiger partial charge in [0.1, 0.15) is 11.3 Å². The molecule has 1 aromatic carbocycles. The molecule has 1 heterocycles. The summed E-state index contributed by atoms with van der Waals surface area (Å²) in [5.41, 5.74) is 7.49. The maximum Gasteiger partial charge on any atom is 0.410 e. The molecule has 1 aromatic rings. The van der Waals surface area contributed by atoms with Crippen molar-refractivity contribution in [3.8, 4) is 0 Å².